The van der Waals surface area contributed by atoms with E-state index in [0.29, 0.717) is 49.2 Å². The van der Waals surface area contributed by atoms with Crippen LogP contribution in [0.3, 0.4) is 0 Å². The first-order valence-electron chi connectivity index (χ1n) is 13.5. The van der Waals surface area contributed by atoms with Crippen molar-refractivity contribution in [3.05, 3.63) is 78.5 Å². The average molecular weight is 611 g/mol. The first kappa shape index (κ1) is 31.4. The number of carbonyl (C=O) groups is 2. The highest BCUT2D eigenvalue weighted by molar-refractivity contribution is 7.07. The summed E-state index contributed by atoms with van der Waals surface area (Å²) in [5, 5.41) is 0. The van der Waals surface area contributed by atoms with E-state index in [4.69, 9.17) is 23.7 Å². The van der Waals surface area contributed by atoms with Crippen LogP contribution in [0, 0.1) is 0 Å². The number of hydrogen-bond acceptors (Lipinski definition) is 11. The van der Waals surface area contributed by atoms with E-state index in [1.807, 2.05) is 13.8 Å². The summed E-state index contributed by atoms with van der Waals surface area (Å²) < 4.78 is 34.3. The van der Waals surface area contributed by atoms with Gasteiger partial charge in [0.2, 0.25) is 0 Å². The molecule has 12 heteroatoms. The Labute approximate surface area is 252 Å². The molecule has 0 bridgehead atoms. The monoisotopic (exact) mass is 610 g/mol. The topological polar surface area (TPSA) is 124 Å². The minimum Gasteiger partial charge on any atom is -0.493 e. The molecule has 228 valence electrons. The van der Waals surface area contributed by atoms with E-state index in [1.54, 1.807) is 56.3 Å². The molecule has 11 nitrogen and oxygen atoms in total. The van der Waals surface area contributed by atoms with Gasteiger partial charge in [-0.15, -0.1) is 0 Å². The number of nitrogens with zero attached hydrogens (tertiary/aromatic N) is 2. The SMILES string of the molecule is CCOC(=O)C1=C(C)N=c2s/c(=C\c3ccc(OCC(=O)OC)c(OC)c3)c(=O)n2[C@@H]1c1ccc(OC(C)C)c(OC)c1. The van der Waals surface area contributed by atoms with Crippen molar-refractivity contribution in [1.82, 2.24) is 4.57 Å². The second kappa shape index (κ2) is 13.6. The Morgan fingerprint density at radius 1 is 1.02 bits per heavy atom. The number of benzene rings is 2. The van der Waals surface area contributed by atoms with Crippen molar-refractivity contribution < 1.29 is 38.0 Å². The number of methoxy groups -OCH3 is 3. The highest BCUT2D eigenvalue weighted by Crippen LogP contribution is 2.36. The van der Waals surface area contributed by atoms with Crippen molar-refractivity contribution in [3.8, 4) is 23.0 Å². The molecule has 0 saturated heterocycles. The fraction of sp³-hybridized carbons (Fsp3) is 0.355. The first-order valence-corrected chi connectivity index (χ1v) is 14.3. The molecule has 3 aromatic rings. The van der Waals surface area contributed by atoms with E-state index < -0.39 is 18.0 Å². The average Bonchev–Trinajstić information content (AvgIpc) is 3.29. The smallest absolute Gasteiger partial charge is 0.343 e. The van der Waals surface area contributed by atoms with E-state index in [9.17, 15) is 14.4 Å². The van der Waals surface area contributed by atoms with Gasteiger partial charge in [-0.05, 0) is 69.2 Å². The summed E-state index contributed by atoms with van der Waals surface area (Å²) in [5.41, 5.74) is 1.66. The predicted molar refractivity (Wildman–Crippen MR) is 160 cm³/mol. The van der Waals surface area contributed by atoms with Gasteiger partial charge in [0, 0.05) is 0 Å². The standard InChI is InChI=1S/C31H34N2O9S/c1-8-40-30(36)27-18(4)32-31-33(28(27)20-10-12-22(42-17(2)3)24(15-20)38-6)29(35)25(43-31)14-19-9-11-21(23(13-19)37-5)41-16-26(34)39-7/h9-15,17,28H,8,16H2,1-7H3/b25-14-/t28-/m1/s1. The second-order valence-corrected chi connectivity index (χ2v) is 10.7. The van der Waals surface area contributed by atoms with Crippen LogP contribution < -0.4 is 33.8 Å². The lowest BCUT2D eigenvalue weighted by molar-refractivity contribution is -0.143. The molecule has 1 aromatic heterocycles. The minimum atomic E-state index is -0.817. The van der Waals surface area contributed by atoms with Crippen LogP contribution in [0.4, 0.5) is 0 Å². The van der Waals surface area contributed by atoms with E-state index in [-0.39, 0.29) is 30.5 Å². The zero-order chi connectivity index (χ0) is 31.3. The number of hydrogen-bond donors (Lipinski definition) is 0. The van der Waals surface area contributed by atoms with Crippen molar-refractivity contribution in [2.45, 2.75) is 39.8 Å². The van der Waals surface area contributed by atoms with Gasteiger partial charge in [-0.3, -0.25) is 9.36 Å². The third kappa shape index (κ3) is 6.75. The lowest BCUT2D eigenvalue weighted by Crippen LogP contribution is -2.40. The Morgan fingerprint density at radius 2 is 1.72 bits per heavy atom. The van der Waals surface area contributed by atoms with Crippen molar-refractivity contribution in [2.75, 3.05) is 34.5 Å². The maximum atomic E-state index is 14.0. The normalized spacial score (nSPS) is 14.6. The Morgan fingerprint density at radius 3 is 2.37 bits per heavy atom. The lowest BCUT2D eigenvalue weighted by Gasteiger charge is -2.25. The highest BCUT2D eigenvalue weighted by atomic mass is 32.1. The number of thiazole rings is 1. The molecule has 0 N–H and O–H groups in total. The summed E-state index contributed by atoms with van der Waals surface area (Å²) in [6, 6.07) is 9.58. The third-order valence-electron chi connectivity index (χ3n) is 6.44. The summed E-state index contributed by atoms with van der Waals surface area (Å²) in [4.78, 5) is 43.7. The molecule has 2 heterocycles. The van der Waals surface area contributed by atoms with E-state index in [2.05, 4.69) is 9.73 Å². The van der Waals surface area contributed by atoms with Crippen LogP contribution >= 0.6 is 11.3 Å². The minimum absolute atomic E-state index is 0.0817. The summed E-state index contributed by atoms with van der Waals surface area (Å²) in [7, 11) is 4.28. The van der Waals surface area contributed by atoms with E-state index in [1.165, 1.54) is 37.2 Å². The maximum absolute atomic E-state index is 14.0. The summed E-state index contributed by atoms with van der Waals surface area (Å²) in [6.45, 7) is 7.16. The molecule has 1 atom stereocenters. The van der Waals surface area contributed by atoms with Gasteiger partial charge in [0.15, 0.2) is 34.4 Å². The number of aromatic nitrogens is 1. The van der Waals surface area contributed by atoms with Crippen LogP contribution in [0.15, 0.2) is 57.5 Å². The first-order chi connectivity index (χ1) is 20.6. The third-order valence-corrected chi connectivity index (χ3v) is 7.42. The number of esters is 2. The van der Waals surface area contributed by atoms with Gasteiger partial charge < -0.3 is 28.4 Å². The molecule has 0 unspecified atom stereocenters. The molecule has 0 aliphatic carbocycles. The van der Waals surface area contributed by atoms with Gasteiger partial charge in [0.05, 0.1) is 55.9 Å². The highest BCUT2D eigenvalue weighted by Gasteiger charge is 2.34. The quantitative estimate of drug-likeness (QED) is 0.301. The van der Waals surface area contributed by atoms with Gasteiger partial charge in [0.1, 0.15) is 0 Å². The molecule has 0 spiro atoms. The van der Waals surface area contributed by atoms with E-state index in [0.717, 1.165) is 0 Å². The fourth-order valence-electron chi connectivity index (χ4n) is 4.55. The molecule has 0 amide bonds. The Kier molecular flexibility index (Phi) is 9.92. The van der Waals surface area contributed by atoms with Crippen LogP contribution in [0.25, 0.3) is 6.08 Å². The number of allylic oxidation sites excluding steroid dienone is 1. The predicted octanol–water partition coefficient (Wildman–Crippen LogP) is 3.15. The molecular formula is C31H34N2O9S. The molecule has 0 saturated carbocycles. The Bertz CT molecular complexity index is 1740. The van der Waals surface area contributed by atoms with Crippen LogP contribution in [0.5, 0.6) is 23.0 Å². The molecule has 4 rings (SSSR count). The van der Waals surface area contributed by atoms with Crippen molar-refractivity contribution in [1.29, 1.82) is 0 Å². The van der Waals surface area contributed by atoms with Crippen LogP contribution in [-0.4, -0.2) is 57.2 Å². The molecule has 0 radical (unpaired) electrons. The van der Waals surface area contributed by atoms with Crippen molar-refractivity contribution >= 4 is 29.4 Å². The molecule has 43 heavy (non-hydrogen) atoms. The lowest BCUT2D eigenvalue weighted by atomic mass is 9.95. The van der Waals surface area contributed by atoms with Crippen LogP contribution in [-0.2, 0) is 19.1 Å². The second-order valence-electron chi connectivity index (χ2n) is 9.65. The van der Waals surface area contributed by atoms with Gasteiger partial charge in [0.25, 0.3) is 5.56 Å². The number of rotatable bonds is 11. The van der Waals surface area contributed by atoms with Gasteiger partial charge >= 0.3 is 11.9 Å². The number of carbonyl (C=O) groups excluding carboxylic acids is 2. The zero-order valence-corrected chi connectivity index (χ0v) is 25.9. The molecule has 2 aromatic carbocycles. The summed E-state index contributed by atoms with van der Waals surface area (Å²) in [6.07, 6.45) is 1.62. The number of ether oxygens (including phenoxy) is 6. The molecule has 1 aliphatic rings. The van der Waals surface area contributed by atoms with Crippen LogP contribution in [0.2, 0.25) is 0 Å². The van der Waals surface area contributed by atoms with Gasteiger partial charge in [-0.1, -0.05) is 23.5 Å². The van der Waals surface area contributed by atoms with Crippen molar-refractivity contribution in [2.24, 2.45) is 4.99 Å². The van der Waals surface area contributed by atoms with Gasteiger partial charge in [-0.2, -0.15) is 0 Å². The largest absolute Gasteiger partial charge is 0.493 e. The number of fused-ring (bicyclic) bond motifs is 1. The summed E-state index contributed by atoms with van der Waals surface area (Å²) >= 11 is 1.20. The summed E-state index contributed by atoms with van der Waals surface area (Å²) in [5.74, 6) is 0.642. The van der Waals surface area contributed by atoms with Crippen LogP contribution in [0.1, 0.15) is 44.9 Å². The van der Waals surface area contributed by atoms with Gasteiger partial charge in [-0.25, -0.2) is 14.6 Å². The molecular weight excluding hydrogens is 576 g/mol. The maximum Gasteiger partial charge on any atom is 0.343 e. The molecule has 0 fully saturated rings. The van der Waals surface area contributed by atoms with E-state index >= 15 is 0 Å². The zero-order valence-electron chi connectivity index (χ0n) is 25.1. The molecule has 1 aliphatic heterocycles. The fourth-order valence-corrected chi connectivity index (χ4v) is 5.60. The van der Waals surface area contributed by atoms with Crippen molar-refractivity contribution in [3.63, 3.8) is 0 Å². The Hall–Kier alpha value is -4.58. The Balaban J connectivity index is 1.85.